The Morgan fingerprint density at radius 1 is 1.35 bits per heavy atom. The second-order valence-electron chi connectivity index (χ2n) is 6.06. The molecule has 1 aliphatic rings. The first kappa shape index (κ1) is 15.6. The molecule has 0 atom stereocenters. The second-order valence-corrected chi connectivity index (χ2v) is 6.06. The predicted octanol–water partition coefficient (Wildman–Crippen LogP) is 2.64. The Bertz CT molecular complexity index is 722. The Hall–Kier alpha value is -2.30. The number of anilines is 1. The zero-order valence-electron chi connectivity index (χ0n) is 13.7. The molecule has 23 heavy (non-hydrogen) atoms. The molecule has 0 aliphatic carbocycles. The van der Waals surface area contributed by atoms with E-state index in [0.717, 1.165) is 54.0 Å². The summed E-state index contributed by atoms with van der Waals surface area (Å²) in [5.74, 6) is 0.678. The van der Waals surface area contributed by atoms with Gasteiger partial charge in [-0.3, -0.25) is 9.78 Å². The Morgan fingerprint density at radius 3 is 2.74 bits per heavy atom. The van der Waals surface area contributed by atoms with Crippen molar-refractivity contribution in [1.82, 2.24) is 4.98 Å². The molecule has 0 spiro atoms. The average Bonchev–Trinajstić information content (AvgIpc) is 2.55. The number of amides is 1. The molecule has 1 saturated heterocycles. The molecule has 122 valence electrons. The number of aromatic nitrogens is 1. The summed E-state index contributed by atoms with van der Waals surface area (Å²) in [4.78, 5) is 18.3. The summed E-state index contributed by atoms with van der Waals surface area (Å²) in [6.07, 6.45) is 1.62. The first-order valence-corrected chi connectivity index (χ1v) is 8.17. The van der Waals surface area contributed by atoms with Crippen molar-refractivity contribution in [2.45, 2.75) is 26.7 Å². The van der Waals surface area contributed by atoms with Crippen LogP contribution in [-0.2, 0) is 4.79 Å². The molecule has 1 aromatic heterocycles. The fraction of sp³-hybridized carbons (Fsp3) is 0.444. The average molecular weight is 313 g/mol. The first-order valence-electron chi connectivity index (χ1n) is 8.17. The molecule has 1 aromatic carbocycles. The van der Waals surface area contributed by atoms with Gasteiger partial charge in [-0.1, -0.05) is 0 Å². The number of hydrogen-bond donors (Lipinski definition) is 1. The maximum atomic E-state index is 11.4. The van der Waals surface area contributed by atoms with Crippen LogP contribution in [0.5, 0.6) is 5.75 Å². The van der Waals surface area contributed by atoms with Gasteiger partial charge in [0.15, 0.2) is 0 Å². The van der Waals surface area contributed by atoms with Gasteiger partial charge >= 0.3 is 0 Å². The van der Waals surface area contributed by atoms with Crippen LogP contribution < -0.4 is 15.4 Å². The van der Waals surface area contributed by atoms with Gasteiger partial charge in [-0.25, -0.2) is 0 Å². The van der Waals surface area contributed by atoms with Gasteiger partial charge in [0.2, 0.25) is 5.91 Å². The van der Waals surface area contributed by atoms with Crippen LogP contribution in [0.1, 0.15) is 25.5 Å². The van der Waals surface area contributed by atoms with E-state index in [-0.39, 0.29) is 11.8 Å². The van der Waals surface area contributed by atoms with Crippen LogP contribution in [0, 0.1) is 12.8 Å². The van der Waals surface area contributed by atoms with E-state index in [9.17, 15) is 4.79 Å². The Balaban J connectivity index is 1.96. The highest BCUT2D eigenvalue weighted by molar-refractivity contribution is 5.93. The van der Waals surface area contributed by atoms with Gasteiger partial charge in [0, 0.05) is 35.8 Å². The normalized spacial score (nSPS) is 15.8. The Kier molecular flexibility index (Phi) is 4.37. The highest BCUT2D eigenvalue weighted by Gasteiger charge is 2.24. The fourth-order valence-corrected chi connectivity index (χ4v) is 3.24. The van der Waals surface area contributed by atoms with Crippen molar-refractivity contribution in [2.24, 2.45) is 11.7 Å². The molecular formula is C18H23N3O2. The summed E-state index contributed by atoms with van der Waals surface area (Å²) in [5, 5.41) is 1.10. The van der Waals surface area contributed by atoms with Crippen LogP contribution >= 0.6 is 0 Å². The monoisotopic (exact) mass is 313 g/mol. The van der Waals surface area contributed by atoms with Gasteiger partial charge in [0.05, 0.1) is 12.1 Å². The van der Waals surface area contributed by atoms with Gasteiger partial charge in [0.25, 0.3) is 0 Å². The molecule has 1 fully saturated rings. The lowest BCUT2D eigenvalue weighted by Crippen LogP contribution is -2.38. The number of carbonyl (C=O) groups is 1. The zero-order valence-corrected chi connectivity index (χ0v) is 13.7. The van der Waals surface area contributed by atoms with Gasteiger partial charge in [-0.2, -0.15) is 0 Å². The quantitative estimate of drug-likeness (QED) is 0.942. The van der Waals surface area contributed by atoms with Crippen LogP contribution in [0.15, 0.2) is 24.3 Å². The third-order valence-corrected chi connectivity index (χ3v) is 4.44. The molecule has 1 aliphatic heterocycles. The van der Waals surface area contributed by atoms with Gasteiger partial charge in [-0.15, -0.1) is 0 Å². The van der Waals surface area contributed by atoms with E-state index >= 15 is 0 Å². The number of ether oxygens (including phenoxy) is 1. The number of nitrogens with zero attached hydrogens (tertiary/aromatic N) is 2. The maximum Gasteiger partial charge on any atom is 0.220 e. The molecule has 5 nitrogen and oxygen atoms in total. The number of primary amides is 1. The van der Waals surface area contributed by atoms with E-state index in [2.05, 4.69) is 22.0 Å². The number of nitrogens with two attached hydrogens (primary N) is 1. The summed E-state index contributed by atoms with van der Waals surface area (Å²) in [5.41, 5.74) is 8.57. The van der Waals surface area contributed by atoms with Crippen LogP contribution in [0.4, 0.5) is 5.69 Å². The zero-order chi connectivity index (χ0) is 16.4. The topological polar surface area (TPSA) is 68.4 Å². The minimum Gasteiger partial charge on any atom is -0.494 e. The molecule has 2 aromatic rings. The van der Waals surface area contributed by atoms with Crippen LogP contribution in [0.3, 0.4) is 0 Å². The van der Waals surface area contributed by atoms with Crippen molar-refractivity contribution in [2.75, 3.05) is 24.6 Å². The van der Waals surface area contributed by atoms with Crippen molar-refractivity contribution >= 4 is 22.5 Å². The number of fused-ring (bicyclic) bond motifs is 1. The number of hydrogen-bond acceptors (Lipinski definition) is 4. The van der Waals surface area contributed by atoms with E-state index in [1.165, 1.54) is 0 Å². The smallest absolute Gasteiger partial charge is 0.220 e. The van der Waals surface area contributed by atoms with Crippen molar-refractivity contribution in [3.05, 3.63) is 30.0 Å². The van der Waals surface area contributed by atoms with Crippen molar-refractivity contribution in [3.8, 4) is 5.75 Å². The lowest BCUT2D eigenvalue weighted by molar-refractivity contribution is -0.122. The fourth-order valence-electron chi connectivity index (χ4n) is 3.24. The molecule has 1 amide bonds. The number of rotatable bonds is 4. The van der Waals surface area contributed by atoms with Gasteiger partial charge in [0.1, 0.15) is 5.75 Å². The van der Waals surface area contributed by atoms with Crippen molar-refractivity contribution < 1.29 is 9.53 Å². The third-order valence-electron chi connectivity index (χ3n) is 4.44. The maximum absolute atomic E-state index is 11.4. The summed E-state index contributed by atoms with van der Waals surface area (Å²) in [6, 6.07) is 8.14. The molecular weight excluding hydrogens is 290 g/mol. The summed E-state index contributed by atoms with van der Waals surface area (Å²) >= 11 is 0. The van der Waals surface area contributed by atoms with E-state index in [1.807, 2.05) is 26.0 Å². The second kappa shape index (κ2) is 6.44. The van der Waals surface area contributed by atoms with Crippen molar-refractivity contribution in [3.63, 3.8) is 0 Å². The van der Waals surface area contributed by atoms with Gasteiger partial charge < -0.3 is 15.4 Å². The number of aryl methyl sites for hydroxylation is 1. The number of benzene rings is 1. The third kappa shape index (κ3) is 3.23. The number of carbonyl (C=O) groups excluding carboxylic acids is 1. The summed E-state index contributed by atoms with van der Waals surface area (Å²) < 4.78 is 5.63. The molecule has 5 heteroatoms. The standard InChI is InChI=1S/C18H23N3O2/c1-3-23-14-4-5-16-15(11-14)17(10-12(2)20-16)21-8-6-13(7-9-21)18(19)22/h4-5,10-11,13H,3,6-9H2,1-2H3,(H2,19,22). The van der Waals surface area contributed by atoms with E-state index in [4.69, 9.17) is 10.5 Å². The van der Waals surface area contributed by atoms with Gasteiger partial charge in [-0.05, 0) is 51.0 Å². The molecule has 2 N–H and O–H groups in total. The van der Waals surface area contributed by atoms with E-state index in [1.54, 1.807) is 0 Å². The SMILES string of the molecule is CCOc1ccc2nc(C)cc(N3CCC(C(N)=O)CC3)c2c1. The summed E-state index contributed by atoms with van der Waals surface area (Å²) in [7, 11) is 0. The molecule has 0 bridgehead atoms. The van der Waals surface area contributed by atoms with E-state index < -0.39 is 0 Å². The van der Waals surface area contributed by atoms with Crippen LogP contribution in [-0.4, -0.2) is 30.6 Å². The molecule has 0 saturated carbocycles. The lowest BCUT2D eigenvalue weighted by Gasteiger charge is -2.33. The number of pyridine rings is 1. The summed E-state index contributed by atoms with van der Waals surface area (Å²) in [6.45, 7) is 6.31. The lowest BCUT2D eigenvalue weighted by atomic mass is 9.95. The minimum absolute atomic E-state index is 0.000524. The van der Waals surface area contributed by atoms with Crippen LogP contribution in [0.2, 0.25) is 0 Å². The first-order chi connectivity index (χ1) is 11.1. The molecule has 2 heterocycles. The molecule has 0 radical (unpaired) electrons. The number of piperidine rings is 1. The van der Waals surface area contributed by atoms with Crippen LogP contribution in [0.25, 0.3) is 10.9 Å². The predicted molar refractivity (Wildman–Crippen MR) is 91.8 cm³/mol. The Morgan fingerprint density at radius 2 is 2.09 bits per heavy atom. The molecule has 0 unspecified atom stereocenters. The highest BCUT2D eigenvalue weighted by Crippen LogP contribution is 2.32. The Labute approximate surface area is 136 Å². The molecule has 3 rings (SSSR count). The minimum atomic E-state index is -0.181. The van der Waals surface area contributed by atoms with Crippen molar-refractivity contribution in [1.29, 1.82) is 0 Å². The van der Waals surface area contributed by atoms with E-state index in [0.29, 0.717) is 6.61 Å². The highest BCUT2D eigenvalue weighted by atomic mass is 16.5. The largest absolute Gasteiger partial charge is 0.494 e.